The number of hydrogen-bond donors (Lipinski definition) is 2. The standard InChI is InChI=1S/C35H53N3O5/c1-10-11-12-13-14-15-22-38(33(40)30(24(2)3)37-34(41)43-35(6,7)8)31(29-23-25(4)16-17-26(29)5)32(39)36-27-18-20-28(42-9)21-19-27/h16-21,23-24,30-31H,10-15,22H2,1-9H3,(H,36,39)(H,37,41). The van der Waals surface area contributed by atoms with E-state index in [1.165, 1.54) is 6.42 Å². The average Bonchev–Trinajstić information content (AvgIpc) is 2.93. The molecule has 8 heteroatoms. The van der Waals surface area contributed by atoms with Gasteiger partial charge in [0.1, 0.15) is 23.4 Å². The molecule has 2 rings (SSSR count). The van der Waals surface area contributed by atoms with Crippen LogP contribution in [0.1, 0.15) is 103 Å². The summed E-state index contributed by atoms with van der Waals surface area (Å²) in [7, 11) is 1.59. The number of nitrogens with one attached hydrogen (secondary N) is 2. The van der Waals surface area contributed by atoms with Gasteiger partial charge in [-0.2, -0.15) is 0 Å². The molecule has 3 amide bonds. The number of ether oxygens (including phenoxy) is 2. The zero-order valence-corrected chi connectivity index (χ0v) is 27.7. The Morgan fingerprint density at radius 3 is 2.12 bits per heavy atom. The lowest BCUT2D eigenvalue weighted by Crippen LogP contribution is -2.54. The molecule has 2 aromatic carbocycles. The van der Waals surface area contributed by atoms with Crippen LogP contribution in [0.5, 0.6) is 5.75 Å². The summed E-state index contributed by atoms with van der Waals surface area (Å²) in [6.45, 7) is 15.6. The maximum absolute atomic E-state index is 14.5. The van der Waals surface area contributed by atoms with Gasteiger partial charge in [-0.3, -0.25) is 9.59 Å². The van der Waals surface area contributed by atoms with E-state index in [0.29, 0.717) is 18.0 Å². The second-order valence-electron chi connectivity index (χ2n) is 12.6. The Morgan fingerprint density at radius 2 is 1.53 bits per heavy atom. The number of alkyl carbamates (subject to hydrolysis) is 1. The zero-order valence-electron chi connectivity index (χ0n) is 27.7. The molecule has 2 atom stereocenters. The van der Waals surface area contributed by atoms with Crippen LogP contribution >= 0.6 is 0 Å². The zero-order chi connectivity index (χ0) is 32.2. The molecule has 0 saturated heterocycles. The first-order chi connectivity index (χ1) is 20.3. The van der Waals surface area contributed by atoms with E-state index in [0.717, 1.165) is 48.8 Å². The molecule has 0 aliphatic rings. The van der Waals surface area contributed by atoms with Gasteiger partial charge in [-0.05, 0) is 82.3 Å². The van der Waals surface area contributed by atoms with Crippen molar-refractivity contribution in [2.75, 3.05) is 19.0 Å². The van der Waals surface area contributed by atoms with Crippen molar-refractivity contribution in [3.8, 4) is 5.75 Å². The second-order valence-corrected chi connectivity index (χ2v) is 12.6. The lowest BCUT2D eigenvalue weighted by atomic mass is 9.94. The maximum Gasteiger partial charge on any atom is 0.408 e. The molecule has 43 heavy (non-hydrogen) atoms. The molecule has 0 fully saturated rings. The van der Waals surface area contributed by atoms with E-state index in [2.05, 4.69) is 17.6 Å². The van der Waals surface area contributed by atoms with Crippen molar-refractivity contribution >= 4 is 23.6 Å². The van der Waals surface area contributed by atoms with E-state index < -0.39 is 23.8 Å². The van der Waals surface area contributed by atoms with E-state index in [1.807, 2.05) is 45.9 Å². The predicted octanol–water partition coefficient (Wildman–Crippen LogP) is 7.73. The fourth-order valence-corrected chi connectivity index (χ4v) is 4.95. The van der Waals surface area contributed by atoms with Crippen LogP contribution in [0.2, 0.25) is 0 Å². The summed E-state index contributed by atoms with van der Waals surface area (Å²) >= 11 is 0. The third kappa shape index (κ3) is 11.6. The Labute approximate surface area is 258 Å². The molecule has 8 nitrogen and oxygen atoms in total. The number of methoxy groups -OCH3 is 1. The van der Waals surface area contributed by atoms with Gasteiger partial charge in [0.05, 0.1) is 7.11 Å². The van der Waals surface area contributed by atoms with E-state index in [1.54, 1.807) is 57.0 Å². The van der Waals surface area contributed by atoms with Crippen molar-refractivity contribution in [2.24, 2.45) is 5.92 Å². The molecule has 2 unspecified atom stereocenters. The lowest BCUT2D eigenvalue weighted by Gasteiger charge is -2.36. The summed E-state index contributed by atoms with van der Waals surface area (Å²) in [6, 6.07) is 11.3. The van der Waals surface area contributed by atoms with Crippen LogP contribution in [0, 0.1) is 19.8 Å². The number of aryl methyl sites for hydroxylation is 2. The van der Waals surface area contributed by atoms with Crippen molar-refractivity contribution < 1.29 is 23.9 Å². The third-order valence-electron chi connectivity index (χ3n) is 7.29. The minimum atomic E-state index is -0.910. The maximum atomic E-state index is 14.5. The monoisotopic (exact) mass is 595 g/mol. The topological polar surface area (TPSA) is 97.0 Å². The van der Waals surface area contributed by atoms with Gasteiger partial charge in [-0.15, -0.1) is 0 Å². The second kappa shape index (κ2) is 16.9. The van der Waals surface area contributed by atoms with Crippen LogP contribution in [0.25, 0.3) is 0 Å². The van der Waals surface area contributed by atoms with Gasteiger partial charge in [0.25, 0.3) is 5.91 Å². The number of rotatable bonds is 15. The molecule has 0 bridgehead atoms. The van der Waals surface area contributed by atoms with Gasteiger partial charge < -0.3 is 25.0 Å². The quantitative estimate of drug-likeness (QED) is 0.205. The molecule has 0 aromatic heterocycles. The molecule has 0 saturated carbocycles. The lowest BCUT2D eigenvalue weighted by molar-refractivity contribution is -0.141. The largest absolute Gasteiger partial charge is 0.497 e. The van der Waals surface area contributed by atoms with E-state index >= 15 is 0 Å². The molecule has 0 aliphatic heterocycles. The van der Waals surface area contributed by atoms with Crippen molar-refractivity contribution in [2.45, 2.75) is 112 Å². The molecule has 0 aliphatic carbocycles. The van der Waals surface area contributed by atoms with Crippen LogP contribution < -0.4 is 15.4 Å². The van der Waals surface area contributed by atoms with Crippen molar-refractivity contribution in [3.05, 3.63) is 59.2 Å². The highest BCUT2D eigenvalue weighted by Gasteiger charge is 2.38. The van der Waals surface area contributed by atoms with Gasteiger partial charge in [-0.25, -0.2) is 4.79 Å². The molecular weight excluding hydrogens is 542 g/mol. The number of amides is 3. The number of hydrogen-bond acceptors (Lipinski definition) is 5. The summed E-state index contributed by atoms with van der Waals surface area (Å²) in [6.07, 6.45) is 5.54. The number of benzene rings is 2. The molecule has 2 N–H and O–H groups in total. The third-order valence-corrected chi connectivity index (χ3v) is 7.29. The summed E-state index contributed by atoms with van der Waals surface area (Å²) in [5.41, 5.74) is 2.53. The first kappa shape index (κ1) is 35.6. The van der Waals surface area contributed by atoms with E-state index in [9.17, 15) is 14.4 Å². The van der Waals surface area contributed by atoms with Crippen molar-refractivity contribution in [3.63, 3.8) is 0 Å². The summed E-state index contributed by atoms with van der Waals surface area (Å²) in [5, 5.41) is 5.84. The Bertz CT molecular complexity index is 1190. The smallest absolute Gasteiger partial charge is 0.408 e. The highest BCUT2D eigenvalue weighted by molar-refractivity contribution is 5.99. The van der Waals surface area contributed by atoms with Crippen molar-refractivity contribution in [1.29, 1.82) is 0 Å². The van der Waals surface area contributed by atoms with Gasteiger partial charge in [0.2, 0.25) is 5.91 Å². The minimum Gasteiger partial charge on any atom is -0.497 e. The van der Waals surface area contributed by atoms with E-state index in [-0.39, 0.29) is 17.7 Å². The summed E-state index contributed by atoms with van der Waals surface area (Å²) < 4.78 is 10.8. The Hall–Kier alpha value is -3.55. The van der Waals surface area contributed by atoms with Crippen LogP contribution in [0.4, 0.5) is 10.5 Å². The normalized spacial score (nSPS) is 12.8. The van der Waals surface area contributed by atoms with Gasteiger partial charge in [0, 0.05) is 12.2 Å². The van der Waals surface area contributed by atoms with Crippen LogP contribution in [-0.2, 0) is 14.3 Å². The molecule has 0 spiro atoms. The predicted molar refractivity (Wildman–Crippen MR) is 173 cm³/mol. The first-order valence-corrected chi connectivity index (χ1v) is 15.6. The summed E-state index contributed by atoms with van der Waals surface area (Å²) in [5.74, 6) is -0.198. The number of carbonyl (C=O) groups is 3. The molecular formula is C35H53N3O5. The molecule has 238 valence electrons. The van der Waals surface area contributed by atoms with Crippen LogP contribution in [0.3, 0.4) is 0 Å². The number of nitrogens with zero attached hydrogens (tertiary/aromatic N) is 1. The number of anilines is 1. The SMILES string of the molecule is CCCCCCCCN(C(=O)C(NC(=O)OC(C)(C)C)C(C)C)C(C(=O)Nc1ccc(OC)cc1)c1cc(C)ccc1C. The Balaban J connectivity index is 2.54. The number of carbonyl (C=O) groups excluding carboxylic acids is 3. The first-order valence-electron chi connectivity index (χ1n) is 15.6. The van der Waals surface area contributed by atoms with E-state index in [4.69, 9.17) is 9.47 Å². The fraction of sp³-hybridized carbons (Fsp3) is 0.571. The Morgan fingerprint density at radius 1 is 0.907 bits per heavy atom. The average molecular weight is 596 g/mol. The summed E-state index contributed by atoms with van der Waals surface area (Å²) in [4.78, 5) is 43.2. The van der Waals surface area contributed by atoms with Gasteiger partial charge in [-0.1, -0.05) is 76.6 Å². The highest BCUT2D eigenvalue weighted by atomic mass is 16.6. The minimum absolute atomic E-state index is 0.240. The van der Waals surface area contributed by atoms with Gasteiger partial charge >= 0.3 is 6.09 Å². The highest BCUT2D eigenvalue weighted by Crippen LogP contribution is 2.30. The molecule has 0 heterocycles. The Kier molecular flexibility index (Phi) is 14.0. The molecule has 0 radical (unpaired) electrons. The van der Waals surface area contributed by atoms with Crippen LogP contribution in [0.15, 0.2) is 42.5 Å². The number of unbranched alkanes of at least 4 members (excludes halogenated alkanes) is 5. The van der Waals surface area contributed by atoms with Crippen LogP contribution in [-0.4, -0.2) is 48.1 Å². The fourth-order valence-electron chi connectivity index (χ4n) is 4.95. The van der Waals surface area contributed by atoms with Gasteiger partial charge in [0.15, 0.2) is 0 Å². The molecule has 2 aromatic rings. The van der Waals surface area contributed by atoms with Crippen molar-refractivity contribution in [1.82, 2.24) is 10.2 Å².